The summed E-state index contributed by atoms with van der Waals surface area (Å²) in [5.74, 6) is 0. The quantitative estimate of drug-likeness (QED) is 0.472. The molecule has 1 N–H and O–H groups in total. The highest BCUT2D eigenvalue weighted by atomic mass is 19.1. The molecule has 0 aromatic heterocycles. The Morgan fingerprint density at radius 2 is 2.24 bits per heavy atom. The van der Waals surface area contributed by atoms with Crippen molar-refractivity contribution >= 4 is 5.69 Å². The average Bonchev–Trinajstić information content (AvgIpc) is 2.29. The van der Waals surface area contributed by atoms with Gasteiger partial charge in [0.25, 0.3) is 5.69 Å². The number of hydrogen-bond donors (Lipinski definition) is 1. The van der Waals surface area contributed by atoms with Gasteiger partial charge in [-0.1, -0.05) is 12.1 Å². The molecule has 0 heterocycles. The molecule has 1 atom stereocenters. The summed E-state index contributed by atoms with van der Waals surface area (Å²) in [4.78, 5) is 10.4. The molecule has 1 aromatic rings. The molecule has 0 saturated carbocycles. The van der Waals surface area contributed by atoms with E-state index in [9.17, 15) is 14.5 Å². The Morgan fingerprint density at radius 3 is 2.82 bits per heavy atom. The maximum Gasteiger partial charge on any atom is 0.272 e. The first-order valence-electron chi connectivity index (χ1n) is 5.60. The fourth-order valence-electron chi connectivity index (χ4n) is 1.60. The number of halogens is 1. The van der Waals surface area contributed by atoms with Crippen molar-refractivity contribution in [2.24, 2.45) is 0 Å². The van der Waals surface area contributed by atoms with Crippen LogP contribution in [0.15, 0.2) is 18.2 Å². The minimum atomic E-state index is -0.382. The van der Waals surface area contributed by atoms with Crippen LogP contribution in [0.4, 0.5) is 10.1 Å². The van der Waals surface area contributed by atoms with Crippen LogP contribution in [0.1, 0.15) is 30.5 Å². The zero-order chi connectivity index (χ0) is 12.8. The largest absolute Gasteiger partial charge is 0.310 e. The summed E-state index contributed by atoms with van der Waals surface area (Å²) in [6.45, 7) is 3.84. The van der Waals surface area contributed by atoms with Crippen LogP contribution in [0.3, 0.4) is 0 Å². The molecule has 0 aliphatic carbocycles. The van der Waals surface area contributed by atoms with Crippen LogP contribution in [0.25, 0.3) is 0 Å². The molecule has 1 aromatic carbocycles. The Labute approximate surface area is 100.0 Å². The number of nitrogens with one attached hydrogen (secondary N) is 1. The van der Waals surface area contributed by atoms with Crippen molar-refractivity contribution in [1.82, 2.24) is 5.32 Å². The first kappa shape index (κ1) is 13.6. The van der Waals surface area contributed by atoms with Gasteiger partial charge in [-0.3, -0.25) is 14.5 Å². The monoisotopic (exact) mass is 240 g/mol. The summed E-state index contributed by atoms with van der Waals surface area (Å²) in [6.07, 6.45) is 0.457. The maximum atomic E-state index is 11.9. The Balaban J connectivity index is 2.77. The maximum absolute atomic E-state index is 11.9. The summed E-state index contributed by atoms with van der Waals surface area (Å²) < 4.78 is 11.9. The Bertz CT molecular complexity index is 396. The number of benzene rings is 1. The SMILES string of the molecule is Cc1ccc(C(C)NCCCF)cc1[N+](=O)[O-]. The summed E-state index contributed by atoms with van der Waals surface area (Å²) in [7, 11) is 0. The second kappa shape index (κ2) is 6.30. The van der Waals surface area contributed by atoms with Crippen molar-refractivity contribution in [1.29, 1.82) is 0 Å². The van der Waals surface area contributed by atoms with Crippen molar-refractivity contribution in [3.8, 4) is 0 Å². The van der Waals surface area contributed by atoms with E-state index in [4.69, 9.17) is 0 Å². The van der Waals surface area contributed by atoms with Crippen LogP contribution in [0.5, 0.6) is 0 Å². The number of aryl methyl sites for hydroxylation is 1. The normalized spacial score (nSPS) is 12.4. The molecule has 0 bridgehead atoms. The molecule has 0 spiro atoms. The zero-order valence-corrected chi connectivity index (χ0v) is 10.1. The van der Waals surface area contributed by atoms with Gasteiger partial charge in [0.15, 0.2) is 0 Å². The fourth-order valence-corrected chi connectivity index (χ4v) is 1.60. The molecule has 0 saturated heterocycles. The smallest absolute Gasteiger partial charge is 0.272 e. The molecule has 0 aliphatic rings. The van der Waals surface area contributed by atoms with Gasteiger partial charge in [0.05, 0.1) is 11.6 Å². The first-order chi connectivity index (χ1) is 8.06. The minimum Gasteiger partial charge on any atom is -0.310 e. The van der Waals surface area contributed by atoms with Gasteiger partial charge in [0.1, 0.15) is 0 Å². The second-order valence-electron chi connectivity index (χ2n) is 4.02. The van der Waals surface area contributed by atoms with Crippen LogP contribution in [-0.2, 0) is 0 Å². The van der Waals surface area contributed by atoms with Crippen LogP contribution in [-0.4, -0.2) is 18.1 Å². The van der Waals surface area contributed by atoms with Gasteiger partial charge < -0.3 is 5.32 Å². The molecular formula is C12H17FN2O2. The summed E-state index contributed by atoms with van der Waals surface area (Å²) in [6, 6.07) is 5.15. The second-order valence-corrected chi connectivity index (χ2v) is 4.02. The molecule has 0 amide bonds. The van der Waals surface area contributed by atoms with Gasteiger partial charge in [0.2, 0.25) is 0 Å². The van der Waals surface area contributed by atoms with Gasteiger partial charge >= 0.3 is 0 Å². The predicted molar refractivity (Wildman–Crippen MR) is 64.8 cm³/mol. The topological polar surface area (TPSA) is 55.2 Å². The third-order valence-electron chi connectivity index (χ3n) is 2.69. The van der Waals surface area contributed by atoms with Gasteiger partial charge in [0, 0.05) is 17.7 Å². The van der Waals surface area contributed by atoms with E-state index in [0.29, 0.717) is 18.5 Å². The van der Waals surface area contributed by atoms with E-state index in [-0.39, 0.29) is 23.3 Å². The van der Waals surface area contributed by atoms with Crippen molar-refractivity contribution in [2.75, 3.05) is 13.2 Å². The predicted octanol–water partition coefficient (Wildman–Crippen LogP) is 2.91. The Hall–Kier alpha value is -1.49. The number of nitrogens with zero attached hydrogens (tertiary/aromatic N) is 1. The third-order valence-corrected chi connectivity index (χ3v) is 2.69. The van der Waals surface area contributed by atoms with Crippen LogP contribution < -0.4 is 5.32 Å². The van der Waals surface area contributed by atoms with Crippen LogP contribution >= 0.6 is 0 Å². The van der Waals surface area contributed by atoms with Crippen LogP contribution in [0, 0.1) is 17.0 Å². The average molecular weight is 240 g/mol. The highest BCUT2D eigenvalue weighted by Crippen LogP contribution is 2.23. The summed E-state index contributed by atoms with van der Waals surface area (Å²) >= 11 is 0. The van der Waals surface area contributed by atoms with Gasteiger partial charge in [-0.15, -0.1) is 0 Å². The van der Waals surface area contributed by atoms with E-state index in [2.05, 4.69) is 5.32 Å². The Kier molecular flexibility index (Phi) is 5.03. The molecule has 1 unspecified atom stereocenters. The molecule has 4 nitrogen and oxygen atoms in total. The molecule has 0 fully saturated rings. The van der Waals surface area contributed by atoms with E-state index < -0.39 is 0 Å². The highest BCUT2D eigenvalue weighted by molar-refractivity contribution is 5.43. The summed E-state index contributed by atoms with van der Waals surface area (Å²) in [5.41, 5.74) is 1.62. The standard InChI is InChI=1S/C12H17FN2O2/c1-9-4-5-11(8-12(9)15(16)17)10(2)14-7-3-6-13/h4-5,8,10,14H,3,6-7H2,1-2H3. The van der Waals surface area contributed by atoms with E-state index in [1.165, 1.54) is 0 Å². The molecule has 0 radical (unpaired) electrons. The lowest BCUT2D eigenvalue weighted by atomic mass is 10.0. The molecule has 1 rings (SSSR count). The molecule has 94 valence electrons. The lowest BCUT2D eigenvalue weighted by Crippen LogP contribution is -2.20. The lowest BCUT2D eigenvalue weighted by Gasteiger charge is -2.13. The molecular weight excluding hydrogens is 223 g/mol. The van der Waals surface area contributed by atoms with Crippen molar-refractivity contribution in [2.45, 2.75) is 26.3 Å². The van der Waals surface area contributed by atoms with E-state index in [0.717, 1.165) is 5.56 Å². The van der Waals surface area contributed by atoms with E-state index in [1.807, 2.05) is 13.0 Å². The van der Waals surface area contributed by atoms with Gasteiger partial charge in [-0.05, 0) is 32.4 Å². The highest BCUT2D eigenvalue weighted by Gasteiger charge is 2.13. The number of alkyl halides is 1. The Morgan fingerprint density at radius 1 is 1.53 bits per heavy atom. The third kappa shape index (κ3) is 3.78. The minimum absolute atomic E-state index is 0.0131. The number of rotatable bonds is 6. The van der Waals surface area contributed by atoms with Gasteiger partial charge in [-0.2, -0.15) is 0 Å². The lowest BCUT2D eigenvalue weighted by molar-refractivity contribution is -0.385. The first-order valence-corrected chi connectivity index (χ1v) is 5.60. The summed E-state index contributed by atoms with van der Waals surface area (Å²) in [5, 5.41) is 13.9. The molecule has 17 heavy (non-hydrogen) atoms. The van der Waals surface area contributed by atoms with Crippen molar-refractivity contribution in [3.05, 3.63) is 39.4 Å². The van der Waals surface area contributed by atoms with Crippen molar-refractivity contribution in [3.63, 3.8) is 0 Å². The number of nitro groups is 1. The molecule has 5 heteroatoms. The number of hydrogen-bond acceptors (Lipinski definition) is 3. The fraction of sp³-hybridized carbons (Fsp3) is 0.500. The van der Waals surface area contributed by atoms with E-state index in [1.54, 1.807) is 19.1 Å². The zero-order valence-electron chi connectivity index (χ0n) is 10.1. The number of nitro benzene ring substituents is 1. The molecule has 0 aliphatic heterocycles. The van der Waals surface area contributed by atoms with Crippen molar-refractivity contribution < 1.29 is 9.31 Å². The van der Waals surface area contributed by atoms with Gasteiger partial charge in [-0.25, -0.2) is 0 Å². The van der Waals surface area contributed by atoms with E-state index >= 15 is 0 Å². The van der Waals surface area contributed by atoms with Crippen LogP contribution in [0.2, 0.25) is 0 Å².